The van der Waals surface area contributed by atoms with Crippen molar-refractivity contribution in [3.8, 4) is 0 Å². The predicted octanol–water partition coefficient (Wildman–Crippen LogP) is 1.89. The minimum Gasteiger partial charge on any atom is -0.385 e. The molecule has 0 saturated heterocycles. The average Bonchev–Trinajstić information content (AvgIpc) is 2.11. The van der Waals surface area contributed by atoms with E-state index in [2.05, 4.69) is 15.3 Å². The molecule has 14 heavy (non-hydrogen) atoms. The van der Waals surface area contributed by atoms with Crippen LogP contribution in [-0.2, 0) is 4.74 Å². The molecule has 1 aromatic heterocycles. The van der Waals surface area contributed by atoms with Crippen LogP contribution < -0.4 is 5.32 Å². The van der Waals surface area contributed by atoms with Crippen molar-refractivity contribution < 1.29 is 4.74 Å². The highest BCUT2D eigenvalue weighted by molar-refractivity contribution is 6.28. The Labute approximate surface area is 88.7 Å². The van der Waals surface area contributed by atoms with Crippen LogP contribution in [0.25, 0.3) is 0 Å². The molecule has 1 N–H and O–H groups in total. The van der Waals surface area contributed by atoms with Gasteiger partial charge in [-0.1, -0.05) is 0 Å². The van der Waals surface area contributed by atoms with Gasteiger partial charge in [0.2, 0.25) is 5.28 Å². The summed E-state index contributed by atoms with van der Waals surface area (Å²) in [6.45, 7) is 3.44. The van der Waals surface area contributed by atoms with Crippen LogP contribution in [0.3, 0.4) is 0 Å². The van der Waals surface area contributed by atoms with E-state index in [9.17, 15) is 0 Å². The molecule has 78 valence electrons. The van der Waals surface area contributed by atoms with Crippen LogP contribution >= 0.6 is 11.6 Å². The van der Waals surface area contributed by atoms with Crippen LogP contribution in [0.15, 0.2) is 6.07 Å². The zero-order valence-electron chi connectivity index (χ0n) is 8.38. The molecule has 0 amide bonds. The lowest BCUT2D eigenvalue weighted by molar-refractivity contribution is 0.198. The fourth-order valence-corrected chi connectivity index (χ4v) is 1.28. The van der Waals surface area contributed by atoms with Crippen LogP contribution in [0.5, 0.6) is 0 Å². The first-order valence-corrected chi connectivity index (χ1v) is 4.84. The molecule has 4 nitrogen and oxygen atoms in total. The van der Waals surface area contributed by atoms with E-state index in [1.54, 1.807) is 7.11 Å². The average molecular weight is 216 g/mol. The summed E-state index contributed by atoms with van der Waals surface area (Å²) in [5.74, 6) is 0.763. The largest absolute Gasteiger partial charge is 0.385 e. The third kappa shape index (κ3) is 3.89. The molecule has 0 unspecified atom stereocenters. The van der Waals surface area contributed by atoms with Crippen molar-refractivity contribution in [1.29, 1.82) is 0 Å². The molecule has 1 rings (SSSR count). The SMILES string of the molecule is COCCCNc1cc(C)nc(Cl)n1. The van der Waals surface area contributed by atoms with Gasteiger partial charge in [-0.3, -0.25) is 0 Å². The van der Waals surface area contributed by atoms with Gasteiger partial charge >= 0.3 is 0 Å². The summed E-state index contributed by atoms with van der Waals surface area (Å²) in [7, 11) is 1.69. The van der Waals surface area contributed by atoms with Crippen LogP contribution in [0.1, 0.15) is 12.1 Å². The highest BCUT2D eigenvalue weighted by Crippen LogP contribution is 2.09. The number of nitrogens with zero attached hydrogens (tertiary/aromatic N) is 2. The van der Waals surface area contributed by atoms with E-state index in [0.717, 1.165) is 31.1 Å². The van der Waals surface area contributed by atoms with E-state index in [1.165, 1.54) is 0 Å². The maximum atomic E-state index is 5.70. The Kier molecular flexibility index (Phi) is 4.62. The quantitative estimate of drug-likeness (QED) is 0.602. The fourth-order valence-electron chi connectivity index (χ4n) is 1.06. The van der Waals surface area contributed by atoms with Gasteiger partial charge in [0.1, 0.15) is 5.82 Å². The Morgan fingerprint density at radius 1 is 1.50 bits per heavy atom. The number of methoxy groups -OCH3 is 1. The lowest BCUT2D eigenvalue weighted by atomic mass is 10.4. The highest BCUT2D eigenvalue weighted by atomic mass is 35.5. The van der Waals surface area contributed by atoms with E-state index in [-0.39, 0.29) is 5.28 Å². The van der Waals surface area contributed by atoms with Crippen LogP contribution in [0, 0.1) is 6.92 Å². The molecular weight excluding hydrogens is 202 g/mol. The molecule has 5 heteroatoms. The van der Waals surface area contributed by atoms with Gasteiger partial charge in [-0.05, 0) is 24.9 Å². The first kappa shape index (κ1) is 11.2. The summed E-state index contributed by atoms with van der Waals surface area (Å²) in [6.07, 6.45) is 0.942. The second-order valence-corrected chi connectivity index (χ2v) is 3.27. The molecule has 0 atom stereocenters. The number of hydrogen-bond donors (Lipinski definition) is 1. The molecule has 0 aliphatic carbocycles. The van der Waals surface area contributed by atoms with Crippen molar-refractivity contribution in [2.75, 3.05) is 25.6 Å². The minimum absolute atomic E-state index is 0.277. The zero-order chi connectivity index (χ0) is 10.4. The summed E-state index contributed by atoms with van der Waals surface area (Å²) in [5, 5.41) is 3.42. The monoisotopic (exact) mass is 215 g/mol. The van der Waals surface area contributed by atoms with Crippen LogP contribution in [-0.4, -0.2) is 30.2 Å². The summed E-state index contributed by atoms with van der Waals surface area (Å²) in [4.78, 5) is 8.00. The number of nitrogens with one attached hydrogen (secondary N) is 1. The van der Waals surface area contributed by atoms with Gasteiger partial charge in [0, 0.05) is 32.0 Å². The normalized spacial score (nSPS) is 10.2. The Morgan fingerprint density at radius 2 is 2.29 bits per heavy atom. The third-order valence-corrected chi connectivity index (χ3v) is 1.83. The third-order valence-electron chi connectivity index (χ3n) is 1.66. The standard InChI is InChI=1S/C9H14ClN3O/c1-7-6-8(13-9(10)12-7)11-4-3-5-14-2/h6H,3-5H2,1-2H3,(H,11,12,13). The van der Waals surface area contributed by atoms with Gasteiger partial charge in [0.25, 0.3) is 0 Å². The molecule has 1 aromatic rings. The Hall–Kier alpha value is -0.870. The number of hydrogen-bond acceptors (Lipinski definition) is 4. The van der Waals surface area contributed by atoms with Crippen LogP contribution in [0.4, 0.5) is 5.82 Å². The Bertz CT molecular complexity index is 273. The second-order valence-electron chi connectivity index (χ2n) is 2.94. The Balaban J connectivity index is 2.42. The zero-order valence-corrected chi connectivity index (χ0v) is 9.14. The second kappa shape index (κ2) is 5.78. The predicted molar refractivity (Wildman–Crippen MR) is 56.8 cm³/mol. The van der Waals surface area contributed by atoms with Crippen molar-refractivity contribution in [3.63, 3.8) is 0 Å². The Morgan fingerprint density at radius 3 is 2.93 bits per heavy atom. The fraction of sp³-hybridized carbons (Fsp3) is 0.556. The molecule has 0 saturated carbocycles. The molecule has 0 aliphatic rings. The molecule has 0 aliphatic heterocycles. The van der Waals surface area contributed by atoms with E-state index in [4.69, 9.17) is 16.3 Å². The lowest BCUT2D eigenvalue weighted by Crippen LogP contribution is -2.06. The number of aromatic nitrogens is 2. The summed E-state index contributed by atoms with van der Waals surface area (Å²) in [6, 6.07) is 1.86. The van der Waals surface area contributed by atoms with Gasteiger partial charge in [-0.15, -0.1) is 0 Å². The molecular formula is C9H14ClN3O. The van der Waals surface area contributed by atoms with Gasteiger partial charge in [0.15, 0.2) is 0 Å². The number of anilines is 1. The maximum Gasteiger partial charge on any atom is 0.224 e. The van der Waals surface area contributed by atoms with Gasteiger partial charge in [-0.25, -0.2) is 9.97 Å². The van der Waals surface area contributed by atoms with Crippen molar-refractivity contribution in [2.45, 2.75) is 13.3 Å². The number of aryl methyl sites for hydroxylation is 1. The smallest absolute Gasteiger partial charge is 0.224 e. The van der Waals surface area contributed by atoms with E-state index >= 15 is 0 Å². The first-order valence-electron chi connectivity index (χ1n) is 4.46. The number of rotatable bonds is 5. The van der Waals surface area contributed by atoms with Crippen LogP contribution in [0.2, 0.25) is 5.28 Å². The van der Waals surface area contributed by atoms with Crippen molar-refractivity contribution in [1.82, 2.24) is 9.97 Å². The van der Waals surface area contributed by atoms with E-state index < -0.39 is 0 Å². The first-order chi connectivity index (χ1) is 6.72. The molecule has 0 spiro atoms. The molecule has 0 aromatic carbocycles. The summed E-state index contributed by atoms with van der Waals surface area (Å²) in [5.41, 5.74) is 0.860. The van der Waals surface area contributed by atoms with Gasteiger partial charge < -0.3 is 10.1 Å². The van der Waals surface area contributed by atoms with Crippen molar-refractivity contribution >= 4 is 17.4 Å². The van der Waals surface area contributed by atoms with Gasteiger partial charge in [-0.2, -0.15) is 0 Å². The van der Waals surface area contributed by atoms with E-state index in [0.29, 0.717) is 0 Å². The topological polar surface area (TPSA) is 47.0 Å². The highest BCUT2D eigenvalue weighted by Gasteiger charge is 1.98. The van der Waals surface area contributed by atoms with Gasteiger partial charge in [0.05, 0.1) is 0 Å². The van der Waals surface area contributed by atoms with Crippen molar-refractivity contribution in [3.05, 3.63) is 17.0 Å². The minimum atomic E-state index is 0.277. The number of ether oxygens (including phenoxy) is 1. The maximum absolute atomic E-state index is 5.70. The molecule has 0 radical (unpaired) electrons. The van der Waals surface area contributed by atoms with Crippen molar-refractivity contribution in [2.24, 2.45) is 0 Å². The molecule has 0 fully saturated rings. The number of halogens is 1. The molecule has 0 bridgehead atoms. The summed E-state index contributed by atoms with van der Waals surface area (Å²) >= 11 is 5.70. The summed E-state index contributed by atoms with van der Waals surface area (Å²) < 4.78 is 4.93. The lowest BCUT2D eigenvalue weighted by Gasteiger charge is -2.05. The molecule has 1 heterocycles. The van der Waals surface area contributed by atoms with E-state index in [1.807, 2.05) is 13.0 Å².